The number of imidazole rings is 1. The van der Waals surface area contributed by atoms with Crippen LogP contribution in [-0.4, -0.2) is 63.7 Å². The Labute approximate surface area is 174 Å². The molecule has 5 rings (SSSR count). The van der Waals surface area contributed by atoms with Gasteiger partial charge in [0.15, 0.2) is 5.69 Å². The molecular formula is C21H22N8O. The van der Waals surface area contributed by atoms with Gasteiger partial charge in [-0.1, -0.05) is 0 Å². The lowest BCUT2D eigenvalue weighted by Crippen LogP contribution is -2.44. The first-order valence-corrected chi connectivity index (χ1v) is 9.83. The summed E-state index contributed by atoms with van der Waals surface area (Å²) in [5.74, 6) is 1.95. The predicted octanol–water partition coefficient (Wildman–Crippen LogP) is 2.18. The number of anilines is 3. The average Bonchev–Trinajstić information content (AvgIpc) is 3.49. The van der Waals surface area contributed by atoms with E-state index in [2.05, 4.69) is 55.3 Å². The van der Waals surface area contributed by atoms with Crippen LogP contribution in [0.4, 0.5) is 17.3 Å². The monoisotopic (exact) mass is 402 g/mol. The van der Waals surface area contributed by atoms with Crippen LogP contribution >= 0.6 is 0 Å². The number of likely N-dealkylation sites (N-methyl/N-ethyl adjacent to an activating group) is 1. The number of aromatic nitrogens is 4. The summed E-state index contributed by atoms with van der Waals surface area (Å²) in [5.41, 5.74) is 2.38. The largest absolute Gasteiger partial charge is 0.494 e. The molecule has 30 heavy (non-hydrogen) atoms. The molecular weight excluding hydrogens is 380 g/mol. The first-order chi connectivity index (χ1) is 14.6. The number of fused-ring (bicyclic) bond motifs is 2. The Morgan fingerprint density at radius 1 is 1.13 bits per heavy atom. The first kappa shape index (κ1) is 18.4. The highest BCUT2D eigenvalue weighted by atomic mass is 16.5. The number of rotatable bonds is 5. The third kappa shape index (κ3) is 3.21. The molecule has 1 unspecified atom stereocenters. The molecule has 2 fully saturated rings. The highest BCUT2D eigenvalue weighted by molar-refractivity contribution is 5.61. The maximum Gasteiger partial charge on any atom is 0.158 e. The summed E-state index contributed by atoms with van der Waals surface area (Å²) >= 11 is 0. The van der Waals surface area contributed by atoms with Gasteiger partial charge >= 0.3 is 0 Å². The topological polar surface area (TPSA) is 95.1 Å². The van der Waals surface area contributed by atoms with Gasteiger partial charge in [-0.25, -0.2) is 15.0 Å². The second-order valence-corrected chi connectivity index (χ2v) is 7.68. The van der Waals surface area contributed by atoms with Crippen LogP contribution in [0.2, 0.25) is 0 Å². The van der Waals surface area contributed by atoms with Crippen molar-refractivity contribution in [1.29, 1.82) is 5.26 Å². The fourth-order valence-corrected chi connectivity index (χ4v) is 4.34. The van der Waals surface area contributed by atoms with Crippen LogP contribution in [0, 0.1) is 11.3 Å². The standard InChI is InChI=1S/C21H22N8O/c1-27-10-17-5-16(27)11-29(17)15-3-4-18(19(6-15)30-2)28-12-21(25-13-28)26-20-9-23-14(7-22)8-24-20/h3-4,6,8-9,12-13,16-17H,5,10-11H2,1-2H3,(H,24,26)/t16?,17-/m1/s1. The molecule has 0 radical (unpaired) electrons. The minimum absolute atomic E-state index is 0.272. The molecule has 0 saturated carbocycles. The van der Waals surface area contributed by atoms with E-state index in [0.29, 0.717) is 23.7 Å². The zero-order valence-electron chi connectivity index (χ0n) is 16.9. The Morgan fingerprint density at radius 3 is 2.70 bits per heavy atom. The molecule has 9 heteroatoms. The second-order valence-electron chi connectivity index (χ2n) is 7.68. The molecule has 2 aliphatic rings. The average molecular weight is 402 g/mol. The van der Waals surface area contributed by atoms with Crippen molar-refractivity contribution in [3.05, 3.63) is 48.8 Å². The molecule has 2 bridgehead atoms. The number of nitrogens with one attached hydrogen (secondary N) is 1. The molecule has 152 valence electrons. The molecule has 9 nitrogen and oxygen atoms in total. The SMILES string of the molecule is COc1cc(N2CC3C[C@@H]2CN3C)ccc1-n1cnc(Nc2cnc(C#N)cn2)c1. The fourth-order valence-electron chi connectivity index (χ4n) is 4.34. The minimum Gasteiger partial charge on any atom is -0.494 e. The quantitative estimate of drug-likeness (QED) is 0.694. The minimum atomic E-state index is 0.272. The van der Waals surface area contributed by atoms with Crippen LogP contribution in [0.1, 0.15) is 12.1 Å². The summed E-state index contributed by atoms with van der Waals surface area (Å²) in [5, 5.41) is 11.9. The van der Waals surface area contributed by atoms with Crippen LogP contribution in [0.3, 0.4) is 0 Å². The maximum absolute atomic E-state index is 8.82. The molecule has 0 amide bonds. The van der Waals surface area contributed by atoms with Crippen molar-refractivity contribution in [1.82, 2.24) is 24.4 Å². The van der Waals surface area contributed by atoms with Gasteiger partial charge in [-0.3, -0.25) is 4.90 Å². The van der Waals surface area contributed by atoms with Gasteiger partial charge < -0.3 is 19.5 Å². The van der Waals surface area contributed by atoms with E-state index < -0.39 is 0 Å². The molecule has 2 saturated heterocycles. The molecule has 1 aromatic carbocycles. The summed E-state index contributed by atoms with van der Waals surface area (Å²) in [6, 6.07) is 9.50. The number of methoxy groups -OCH3 is 1. The van der Waals surface area contributed by atoms with E-state index in [9.17, 15) is 0 Å². The van der Waals surface area contributed by atoms with Gasteiger partial charge in [0.2, 0.25) is 0 Å². The van der Waals surface area contributed by atoms with E-state index in [4.69, 9.17) is 10.00 Å². The van der Waals surface area contributed by atoms with Crippen molar-refractivity contribution in [3.8, 4) is 17.5 Å². The van der Waals surface area contributed by atoms with Crippen LogP contribution in [0.15, 0.2) is 43.1 Å². The van der Waals surface area contributed by atoms with Crippen molar-refractivity contribution in [3.63, 3.8) is 0 Å². The van der Waals surface area contributed by atoms with Crippen molar-refractivity contribution >= 4 is 17.3 Å². The Hall–Kier alpha value is -3.64. The summed E-state index contributed by atoms with van der Waals surface area (Å²) in [7, 11) is 3.90. The van der Waals surface area contributed by atoms with Crippen LogP contribution < -0.4 is 15.0 Å². The van der Waals surface area contributed by atoms with E-state index in [1.54, 1.807) is 13.4 Å². The molecule has 2 atom stereocenters. The highest BCUT2D eigenvalue weighted by Gasteiger charge is 2.41. The summed E-state index contributed by atoms with van der Waals surface area (Å²) in [6.45, 7) is 2.18. The number of likely N-dealkylation sites (tertiary alicyclic amines) is 1. The zero-order chi connectivity index (χ0) is 20.7. The molecule has 3 aromatic rings. The van der Waals surface area contributed by atoms with Gasteiger partial charge in [-0.15, -0.1) is 0 Å². The number of nitriles is 1. The Morgan fingerprint density at radius 2 is 2.03 bits per heavy atom. The van der Waals surface area contributed by atoms with Crippen LogP contribution in [-0.2, 0) is 0 Å². The molecule has 0 aliphatic carbocycles. The van der Waals surface area contributed by atoms with Crippen molar-refractivity contribution in [2.75, 3.05) is 37.5 Å². The lowest BCUT2D eigenvalue weighted by molar-refractivity contribution is 0.292. The van der Waals surface area contributed by atoms with Crippen molar-refractivity contribution in [2.24, 2.45) is 0 Å². The lowest BCUT2D eigenvalue weighted by atomic mass is 10.2. The van der Waals surface area contributed by atoms with Gasteiger partial charge in [0.1, 0.15) is 29.8 Å². The van der Waals surface area contributed by atoms with E-state index >= 15 is 0 Å². The summed E-state index contributed by atoms with van der Waals surface area (Å²) in [6.07, 6.45) is 7.75. The third-order valence-electron chi connectivity index (χ3n) is 5.89. The Bertz CT molecular complexity index is 1100. The number of nitrogens with zero attached hydrogens (tertiary/aromatic N) is 7. The number of hydrogen-bond acceptors (Lipinski definition) is 8. The molecule has 0 spiro atoms. The van der Waals surface area contributed by atoms with E-state index in [0.717, 1.165) is 24.5 Å². The third-order valence-corrected chi connectivity index (χ3v) is 5.89. The lowest BCUT2D eigenvalue weighted by Gasteiger charge is -2.34. The van der Waals surface area contributed by atoms with Crippen molar-refractivity contribution < 1.29 is 4.74 Å². The number of hydrogen-bond donors (Lipinski definition) is 1. The van der Waals surface area contributed by atoms with E-state index in [1.165, 1.54) is 24.5 Å². The van der Waals surface area contributed by atoms with Crippen LogP contribution in [0.5, 0.6) is 5.75 Å². The van der Waals surface area contributed by atoms with Crippen molar-refractivity contribution in [2.45, 2.75) is 18.5 Å². The second kappa shape index (κ2) is 7.31. The first-order valence-electron chi connectivity index (χ1n) is 9.83. The van der Waals surface area contributed by atoms with Gasteiger partial charge in [0, 0.05) is 36.9 Å². The van der Waals surface area contributed by atoms with Gasteiger partial charge in [0.25, 0.3) is 0 Å². The fraction of sp³-hybridized carbons (Fsp3) is 0.333. The van der Waals surface area contributed by atoms with Gasteiger partial charge in [-0.2, -0.15) is 5.26 Å². The number of ether oxygens (including phenoxy) is 1. The van der Waals surface area contributed by atoms with Gasteiger partial charge in [0.05, 0.1) is 31.4 Å². The van der Waals surface area contributed by atoms with E-state index in [-0.39, 0.29) is 5.69 Å². The predicted molar refractivity (Wildman–Crippen MR) is 112 cm³/mol. The molecule has 2 aliphatic heterocycles. The molecule has 4 heterocycles. The van der Waals surface area contributed by atoms with Crippen LogP contribution in [0.25, 0.3) is 5.69 Å². The smallest absolute Gasteiger partial charge is 0.158 e. The van der Waals surface area contributed by atoms with Gasteiger partial charge in [-0.05, 0) is 25.6 Å². The van der Waals surface area contributed by atoms with E-state index in [1.807, 2.05) is 16.8 Å². The Kier molecular flexibility index (Phi) is 4.48. The normalized spacial score (nSPS) is 20.4. The summed E-state index contributed by atoms with van der Waals surface area (Å²) in [4.78, 5) is 17.5. The Balaban J connectivity index is 1.36. The summed E-state index contributed by atoms with van der Waals surface area (Å²) < 4.78 is 7.60. The zero-order valence-corrected chi connectivity index (χ0v) is 16.9. The molecule has 2 aromatic heterocycles. The number of benzene rings is 1. The molecule has 1 N–H and O–H groups in total. The highest BCUT2D eigenvalue weighted by Crippen LogP contribution is 2.36. The number of piperazine rings is 1. The maximum atomic E-state index is 8.82.